The standard InChI is InChI=1S/C34H49F3IN3O3/c1-7-25-10-8-9-11-28(25)31(26-12-14-27(15-13-26)44-34(35,36)37)39-23-29(32(3,4)5)41(21-18-38)30(43)22-33(6)16-19-40(20-17-33)24(2)42/h8-14,27,29,31,39H,7,15-23H2,1-6H3/t27?,29-,31?/m1/s1. The fraction of sp³-hybridized carbons (Fsp3) is 0.647. The maximum atomic E-state index is 14.1. The van der Waals surface area contributed by atoms with Crippen molar-refractivity contribution in [1.29, 1.82) is 0 Å². The highest BCUT2D eigenvalue weighted by Gasteiger charge is 2.39. The number of alkyl halides is 4. The first-order valence-electron chi connectivity index (χ1n) is 15.6. The summed E-state index contributed by atoms with van der Waals surface area (Å²) in [4.78, 5) is 29.8. The number of carbonyl (C=O) groups excluding carboxylic acids is 2. The third kappa shape index (κ3) is 10.3. The third-order valence-electron chi connectivity index (χ3n) is 8.99. The molecule has 1 aliphatic carbocycles. The van der Waals surface area contributed by atoms with E-state index in [1.807, 2.05) is 28.0 Å². The average molecular weight is 732 g/mol. The quantitative estimate of drug-likeness (QED) is 0.180. The molecule has 0 bridgehead atoms. The monoisotopic (exact) mass is 731 g/mol. The normalized spacial score (nSPS) is 20.2. The molecule has 1 heterocycles. The van der Waals surface area contributed by atoms with Crippen LogP contribution in [0.2, 0.25) is 0 Å². The van der Waals surface area contributed by atoms with Gasteiger partial charge in [-0.05, 0) is 53.2 Å². The predicted octanol–water partition coefficient (Wildman–Crippen LogP) is 7.39. The number of ether oxygens (including phenoxy) is 1. The number of hydrogen-bond acceptors (Lipinski definition) is 4. The van der Waals surface area contributed by atoms with E-state index < -0.39 is 12.5 Å². The molecule has 2 aliphatic rings. The van der Waals surface area contributed by atoms with Crippen LogP contribution in [0.25, 0.3) is 0 Å². The molecule has 3 atom stereocenters. The highest BCUT2D eigenvalue weighted by atomic mass is 127. The largest absolute Gasteiger partial charge is 0.523 e. The first-order chi connectivity index (χ1) is 20.6. The number of amides is 2. The molecule has 0 saturated carbocycles. The summed E-state index contributed by atoms with van der Waals surface area (Å²) >= 11 is 2.32. The lowest BCUT2D eigenvalue weighted by Crippen LogP contribution is -2.54. The number of rotatable bonds is 12. The topological polar surface area (TPSA) is 61.9 Å². The van der Waals surface area contributed by atoms with Gasteiger partial charge in [0, 0.05) is 50.0 Å². The Kier molecular flexibility index (Phi) is 12.9. The van der Waals surface area contributed by atoms with Gasteiger partial charge in [-0.15, -0.1) is 13.2 Å². The van der Waals surface area contributed by atoms with Crippen LogP contribution in [0, 0.1) is 10.8 Å². The molecule has 44 heavy (non-hydrogen) atoms. The van der Waals surface area contributed by atoms with Crippen molar-refractivity contribution in [2.24, 2.45) is 10.8 Å². The summed E-state index contributed by atoms with van der Waals surface area (Å²) in [7, 11) is 0. The molecule has 1 fully saturated rings. The zero-order valence-corrected chi connectivity index (χ0v) is 29.1. The predicted molar refractivity (Wildman–Crippen MR) is 177 cm³/mol. The molecule has 246 valence electrons. The fourth-order valence-electron chi connectivity index (χ4n) is 6.30. The summed E-state index contributed by atoms with van der Waals surface area (Å²) in [6.07, 6.45) is 2.26. The molecule has 1 aliphatic heterocycles. The summed E-state index contributed by atoms with van der Waals surface area (Å²) in [5.74, 6) is 0.200. The van der Waals surface area contributed by atoms with Crippen molar-refractivity contribution in [3.8, 4) is 0 Å². The molecule has 1 aromatic carbocycles. The van der Waals surface area contributed by atoms with Crippen LogP contribution in [-0.2, 0) is 20.7 Å². The molecule has 1 aromatic rings. The third-order valence-corrected chi connectivity index (χ3v) is 9.47. The molecule has 10 heteroatoms. The number of nitrogens with zero attached hydrogens (tertiary/aromatic N) is 2. The van der Waals surface area contributed by atoms with Gasteiger partial charge in [-0.3, -0.25) is 14.3 Å². The first-order valence-corrected chi connectivity index (χ1v) is 17.1. The van der Waals surface area contributed by atoms with Gasteiger partial charge >= 0.3 is 6.36 Å². The van der Waals surface area contributed by atoms with E-state index in [2.05, 4.69) is 79.4 Å². The van der Waals surface area contributed by atoms with Crippen molar-refractivity contribution < 1.29 is 27.5 Å². The molecule has 0 spiro atoms. The Balaban J connectivity index is 1.86. The van der Waals surface area contributed by atoms with Gasteiger partial charge in [-0.1, -0.05) is 99.7 Å². The van der Waals surface area contributed by atoms with Gasteiger partial charge in [0.1, 0.15) is 0 Å². The first kappa shape index (κ1) is 36.5. The number of likely N-dealkylation sites (tertiary alicyclic amines) is 1. The van der Waals surface area contributed by atoms with Gasteiger partial charge in [0.25, 0.3) is 0 Å². The van der Waals surface area contributed by atoms with Crippen molar-refractivity contribution in [3.05, 3.63) is 59.2 Å². The Morgan fingerprint density at radius 2 is 1.84 bits per heavy atom. The smallest absolute Gasteiger partial charge is 0.343 e. The van der Waals surface area contributed by atoms with Crippen LogP contribution < -0.4 is 5.32 Å². The second kappa shape index (κ2) is 15.6. The maximum absolute atomic E-state index is 14.1. The van der Waals surface area contributed by atoms with Crippen LogP contribution >= 0.6 is 22.6 Å². The minimum absolute atomic E-state index is 0.0781. The highest BCUT2D eigenvalue weighted by Crippen LogP contribution is 2.37. The van der Waals surface area contributed by atoms with E-state index in [0.29, 0.717) is 32.6 Å². The zero-order chi connectivity index (χ0) is 32.7. The van der Waals surface area contributed by atoms with Crippen LogP contribution in [0.1, 0.15) is 84.4 Å². The van der Waals surface area contributed by atoms with E-state index in [1.54, 1.807) is 13.0 Å². The van der Waals surface area contributed by atoms with E-state index >= 15 is 0 Å². The van der Waals surface area contributed by atoms with Gasteiger partial charge in [0.2, 0.25) is 11.8 Å². The van der Waals surface area contributed by atoms with Crippen molar-refractivity contribution >= 4 is 34.4 Å². The number of aryl methyl sites for hydroxylation is 1. The second-order valence-corrected chi connectivity index (χ2v) is 14.5. The van der Waals surface area contributed by atoms with Crippen LogP contribution in [0.15, 0.2) is 48.1 Å². The van der Waals surface area contributed by atoms with E-state index in [9.17, 15) is 22.8 Å². The number of nitrogens with one attached hydrogen (secondary N) is 1. The SMILES string of the molecule is CCc1ccccc1C(NC[C@@H](N(CCI)C(=O)CC1(C)CCN(C(C)=O)CC1)C(C)(C)C)C1=CCC(OC(F)(F)F)C=C1. The molecule has 2 unspecified atom stereocenters. The molecular formula is C34H49F3IN3O3. The summed E-state index contributed by atoms with van der Waals surface area (Å²) < 4.78 is 43.7. The van der Waals surface area contributed by atoms with Crippen LogP contribution in [0.4, 0.5) is 13.2 Å². The molecule has 1 N–H and O–H groups in total. The Morgan fingerprint density at radius 1 is 1.18 bits per heavy atom. The molecule has 6 nitrogen and oxygen atoms in total. The number of piperidine rings is 1. The van der Waals surface area contributed by atoms with Gasteiger partial charge in [-0.25, -0.2) is 0 Å². The lowest BCUT2D eigenvalue weighted by atomic mass is 9.76. The molecule has 1 saturated heterocycles. The maximum Gasteiger partial charge on any atom is 0.523 e. The van der Waals surface area contributed by atoms with E-state index in [0.717, 1.165) is 40.4 Å². The lowest BCUT2D eigenvalue weighted by Gasteiger charge is -2.44. The number of carbonyl (C=O) groups is 2. The van der Waals surface area contributed by atoms with Crippen molar-refractivity contribution in [2.75, 3.05) is 30.6 Å². The van der Waals surface area contributed by atoms with Crippen LogP contribution in [0.3, 0.4) is 0 Å². The van der Waals surface area contributed by atoms with E-state index in [-0.39, 0.29) is 41.1 Å². The van der Waals surface area contributed by atoms with Crippen molar-refractivity contribution in [1.82, 2.24) is 15.1 Å². The van der Waals surface area contributed by atoms with Crippen molar-refractivity contribution in [3.63, 3.8) is 0 Å². The summed E-state index contributed by atoms with van der Waals surface area (Å²) in [6, 6.07) is 7.74. The minimum Gasteiger partial charge on any atom is -0.343 e. The fourth-order valence-corrected chi connectivity index (χ4v) is 6.82. The minimum atomic E-state index is -4.69. The van der Waals surface area contributed by atoms with Crippen LogP contribution in [-0.4, -0.2) is 70.7 Å². The molecular weight excluding hydrogens is 682 g/mol. The zero-order valence-electron chi connectivity index (χ0n) is 27.0. The number of hydrogen-bond donors (Lipinski definition) is 1. The molecule has 3 rings (SSSR count). The van der Waals surface area contributed by atoms with Crippen LogP contribution in [0.5, 0.6) is 0 Å². The second-order valence-electron chi connectivity index (χ2n) is 13.4. The Hall–Kier alpha value is -1.92. The van der Waals surface area contributed by atoms with Gasteiger partial charge in [0.15, 0.2) is 0 Å². The Bertz CT molecular complexity index is 1190. The van der Waals surface area contributed by atoms with Gasteiger partial charge in [0.05, 0.1) is 12.1 Å². The van der Waals surface area contributed by atoms with Crippen molar-refractivity contribution in [2.45, 2.75) is 98.2 Å². The van der Waals surface area contributed by atoms with E-state index in [1.165, 1.54) is 6.08 Å². The lowest BCUT2D eigenvalue weighted by molar-refractivity contribution is -0.336. The Labute approximate surface area is 275 Å². The van der Waals surface area contributed by atoms with E-state index in [4.69, 9.17) is 0 Å². The van der Waals surface area contributed by atoms with Gasteiger partial charge in [-0.2, -0.15) is 0 Å². The molecule has 0 radical (unpaired) electrons. The molecule has 2 amide bonds. The summed E-state index contributed by atoms with van der Waals surface area (Å²) in [5, 5.41) is 3.75. The summed E-state index contributed by atoms with van der Waals surface area (Å²) in [5.41, 5.74) is 2.70. The van der Waals surface area contributed by atoms with Gasteiger partial charge < -0.3 is 15.1 Å². The average Bonchev–Trinajstić information content (AvgIpc) is 2.93. The summed E-state index contributed by atoms with van der Waals surface area (Å²) in [6.45, 7) is 14.8. The Morgan fingerprint density at radius 3 is 2.36 bits per heavy atom. The molecule has 0 aromatic heterocycles. The number of benzene rings is 1. The number of halogens is 4. The highest BCUT2D eigenvalue weighted by molar-refractivity contribution is 14.1.